The smallest absolute Gasteiger partial charge is 0.124 e. The highest BCUT2D eigenvalue weighted by Crippen LogP contribution is 2.36. The molecule has 5 N–H and O–H groups in total. The van der Waals surface area contributed by atoms with Gasteiger partial charge in [-0.1, -0.05) is 29.8 Å². The van der Waals surface area contributed by atoms with E-state index < -0.39 is 43.2 Å². The van der Waals surface area contributed by atoms with E-state index in [-0.39, 0.29) is 6.10 Å². The molecule has 2 fully saturated rings. The van der Waals surface area contributed by atoms with Gasteiger partial charge in [0.25, 0.3) is 0 Å². The second-order valence-corrected chi connectivity index (χ2v) is 8.51. The molecular weight excluding hydrogens is 440 g/mol. The second-order valence-electron chi connectivity index (χ2n) is 8.11. The predicted octanol–water partition coefficient (Wildman–Crippen LogP) is 1.10. The second kappa shape index (κ2) is 10.0. The number of benzene rings is 2. The Morgan fingerprint density at radius 3 is 2.44 bits per heavy atom. The minimum atomic E-state index is -1.49. The molecule has 174 valence electrons. The summed E-state index contributed by atoms with van der Waals surface area (Å²) in [7, 11) is 0. The van der Waals surface area contributed by atoms with Crippen LogP contribution in [0.1, 0.15) is 35.3 Å². The standard InChI is InChI=1S/C23H27ClO8/c24-17-6-3-13(23-22(29)21(28)20(27)18(10-25)32-23)9-16(17)19(26)12-1-4-14(5-2-12)31-15-7-8-30-11-15/h1-6,9,15,18-23,25-29H,7-8,10-11H2/t15-,18+,19?,20+,21-,22+,23+/m0/s1. The average Bonchev–Trinajstić information content (AvgIpc) is 3.31. The molecule has 0 radical (unpaired) electrons. The fraction of sp³-hybridized carbons (Fsp3) is 0.478. The van der Waals surface area contributed by atoms with E-state index in [4.69, 9.17) is 25.8 Å². The van der Waals surface area contributed by atoms with Crippen LogP contribution >= 0.6 is 11.6 Å². The molecule has 9 heteroatoms. The number of hydrogen-bond acceptors (Lipinski definition) is 8. The first kappa shape index (κ1) is 23.4. The maximum atomic E-state index is 11.0. The quantitative estimate of drug-likeness (QED) is 0.428. The fourth-order valence-corrected chi connectivity index (χ4v) is 4.25. The summed E-state index contributed by atoms with van der Waals surface area (Å²) < 4.78 is 16.8. The van der Waals surface area contributed by atoms with Crippen molar-refractivity contribution in [3.63, 3.8) is 0 Å². The van der Waals surface area contributed by atoms with Gasteiger partial charge >= 0.3 is 0 Å². The van der Waals surface area contributed by atoms with Gasteiger partial charge in [0.1, 0.15) is 48.5 Å². The number of aliphatic hydroxyl groups is 5. The number of aliphatic hydroxyl groups excluding tert-OH is 5. The zero-order valence-electron chi connectivity index (χ0n) is 17.3. The van der Waals surface area contributed by atoms with Crippen LogP contribution in [-0.4, -0.2) is 75.9 Å². The molecule has 1 unspecified atom stereocenters. The van der Waals surface area contributed by atoms with Crippen molar-refractivity contribution in [3.8, 4) is 5.75 Å². The number of ether oxygens (including phenoxy) is 3. The normalized spacial score (nSPS) is 31.4. The van der Waals surface area contributed by atoms with Crippen LogP contribution in [0.5, 0.6) is 5.75 Å². The van der Waals surface area contributed by atoms with Crippen LogP contribution < -0.4 is 4.74 Å². The van der Waals surface area contributed by atoms with E-state index in [1.54, 1.807) is 42.5 Å². The summed E-state index contributed by atoms with van der Waals surface area (Å²) in [5, 5.41) is 51.2. The van der Waals surface area contributed by atoms with E-state index in [1.165, 1.54) is 0 Å². The monoisotopic (exact) mass is 466 g/mol. The van der Waals surface area contributed by atoms with Gasteiger partial charge in [-0.15, -0.1) is 0 Å². The average molecular weight is 467 g/mol. The molecule has 0 aromatic heterocycles. The van der Waals surface area contributed by atoms with Crippen LogP contribution in [0.2, 0.25) is 5.02 Å². The molecule has 0 saturated carbocycles. The highest BCUT2D eigenvalue weighted by atomic mass is 35.5. The molecule has 0 aliphatic carbocycles. The van der Waals surface area contributed by atoms with E-state index in [0.29, 0.717) is 40.7 Å². The maximum Gasteiger partial charge on any atom is 0.124 e. The van der Waals surface area contributed by atoms with Gasteiger partial charge < -0.3 is 39.7 Å². The molecule has 2 heterocycles. The molecule has 8 nitrogen and oxygen atoms in total. The number of halogens is 1. The zero-order chi connectivity index (χ0) is 22.8. The summed E-state index contributed by atoms with van der Waals surface area (Å²) >= 11 is 6.34. The number of hydrogen-bond donors (Lipinski definition) is 5. The van der Waals surface area contributed by atoms with Gasteiger partial charge in [-0.25, -0.2) is 0 Å². The summed E-state index contributed by atoms with van der Waals surface area (Å²) in [5.74, 6) is 0.678. The summed E-state index contributed by atoms with van der Waals surface area (Å²) in [5.41, 5.74) is 1.42. The molecule has 0 bridgehead atoms. The fourth-order valence-electron chi connectivity index (χ4n) is 4.03. The highest BCUT2D eigenvalue weighted by Gasteiger charge is 2.44. The SMILES string of the molecule is OC[C@H]1O[C@H](c2ccc(Cl)c(C(O)c3ccc(O[C@H]4CCOC4)cc3)c2)[C@H](O)[C@@H](O)[C@@H]1O. The molecule has 7 atom stereocenters. The molecule has 32 heavy (non-hydrogen) atoms. The lowest BCUT2D eigenvalue weighted by Gasteiger charge is -2.40. The Labute approximate surface area is 190 Å². The first-order valence-corrected chi connectivity index (χ1v) is 10.9. The molecule has 2 aromatic rings. The Kier molecular flexibility index (Phi) is 7.34. The van der Waals surface area contributed by atoms with Crippen molar-refractivity contribution in [1.29, 1.82) is 0 Å². The van der Waals surface area contributed by atoms with Crippen molar-refractivity contribution in [1.82, 2.24) is 0 Å². The summed E-state index contributed by atoms with van der Waals surface area (Å²) in [4.78, 5) is 0. The van der Waals surface area contributed by atoms with E-state index in [0.717, 1.165) is 6.42 Å². The van der Waals surface area contributed by atoms with Crippen molar-refractivity contribution in [2.45, 2.75) is 49.1 Å². The van der Waals surface area contributed by atoms with Crippen molar-refractivity contribution >= 4 is 11.6 Å². The minimum absolute atomic E-state index is 0.0236. The first-order chi connectivity index (χ1) is 15.4. The molecular formula is C23H27ClO8. The Balaban J connectivity index is 1.54. The van der Waals surface area contributed by atoms with Gasteiger partial charge in [-0.3, -0.25) is 0 Å². The van der Waals surface area contributed by atoms with Crippen LogP contribution in [0.4, 0.5) is 0 Å². The third kappa shape index (κ3) is 4.78. The number of rotatable bonds is 6. The van der Waals surface area contributed by atoms with Crippen LogP contribution in [0, 0.1) is 0 Å². The van der Waals surface area contributed by atoms with Crippen LogP contribution in [-0.2, 0) is 9.47 Å². The molecule has 4 rings (SSSR count). The van der Waals surface area contributed by atoms with Gasteiger partial charge in [-0.05, 0) is 35.4 Å². The Morgan fingerprint density at radius 1 is 1.03 bits per heavy atom. The van der Waals surface area contributed by atoms with E-state index in [9.17, 15) is 25.5 Å². The third-order valence-electron chi connectivity index (χ3n) is 5.92. The van der Waals surface area contributed by atoms with Crippen LogP contribution in [0.25, 0.3) is 0 Å². The van der Waals surface area contributed by atoms with Crippen molar-refractivity contribution < 1.29 is 39.7 Å². The lowest BCUT2D eigenvalue weighted by atomic mass is 9.89. The van der Waals surface area contributed by atoms with Crippen molar-refractivity contribution in [2.75, 3.05) is 19.8 Å². The van der Waals surface area contributed by atoms with Crippen molar-refractivity contribution in [3.05, 3.63) is 64.2 Å². The molecule has 2 aliphatic rings. The van der Waals surface area contributed by atoms with Gasteiger partial charge in [0.15, 0.2) is 0 Å². The van der Waals surface area contributed by atoms with Crippen molar-refractivity contribution in [2.24, 2.45) is 0 Å². The maximum absolute atomic E-state index is 11.0. The van der Waals surface area contributed by atoms with E-state index in [1.807, 2.05) is 0 Å². The lowest BCUT2D eigenvalue weighted by molar-refractivity contribution is -0.231. The first-order valence-electron chi connectivity index (χ1n) is 10.5. The molecule has 2 aromatic carbocycles. The lowest BCUT2D eigenvalue weighted by Crippen LogP contribution is -2.55. The Bertz CT molecular complexity index is 899. The topological polar surface area (TPSA) is 129 Å². The summed E-state index contributed by atoms with van der Waals surface area (Å²) in [6.07, 6.45) is -6.60. The van der Waals surface area contributed by atoms with Gasteiger partial charge in [0.05, 0.1) is 19.8 Å². The predicted molar refractivity (Wildman–Crippen MR) is 115 cm³/mol. The van der Waals surface area contributed by atoms with Gasteiger partial charge in [0.2, 0.25) is 0 Å². The third-order valence-corrected chi connectivity index (χ3v) is 6.27. The van der Waals surface area contributed by atoms with E-state index >= 15 is 0 Å². The summed E-state index contributed by atoms with van der Waals surface area (Å²) in [6.45, 7) is 0.724. The Hall–Kier alpha value is -1.75. The molecule has 2 aliphatic heterocycles. The zero-order valence-corrected chi connectivity index (χ0v) is 18.0. The summed E-state index contributed by atoms with van der Waals surface area (Å²) in [6, 6.07) is 11.8. The van der Waals surface area contributed by atoms with Crippen LogP contribution in [0.3, 0.4) is 0 Å². The minimum Gasteiger partial charge on any atom is -0.488 e. The van der Waals surface area contributed by atoms with Crippen LogP contribution in [0.15, 0.2) is 42.5 Å². The van der Waals surface area contributed by atoms with E-state index in [2.05, 4.69) is 0 Å². The highest BCUT2D eigenvalue weighted by molar-refractivity contribution is 6.31. The molecule has 0 amide bonds. The largest absolute Gasteiger partial charge is 0.488 e. The molecule has 0 spiro atoms. The van der Waals surface area contributed by atoms with Gasteiger partial charge in [-0.2, -0.15) is 0 Å². The molecule has 2 saturated heterocycles. The van der Waals surface area contributed by atoms with Gasteiger partial charge in [0, 0.05) is 17.0 Å². The Morgan fingerprint density at radius 2 is 1.78 bits per heavy atom.